The first kappa shape index (κ1) is 19.8. The average Bonchev–Trinajstić information content (AvgIpc) is 2.47. The van der Waals surface area contributed by atoms with Gasteiger partial charge >= 0.3 is 0 Å². The Bertz CT molecular complexity index is 179. The highest BCUT2D eigenvalue weighted by molar-refractivity contribution is 4.62. The van der Waals surface area contributed by atoms with Crippen LogP contribution in [-0.2, 0) is 14.2 Å². The molecule has 0 amide bonds. The van der Waals surface area contributed by atoms with Crippen LogP contribution in [0.1, 0.15) is 52.4 Å². The second kappa shape index (κ2) is 16.9. The van der Waals surface area contributed by atoms with Crippen LogP contribution >= 0.6 is 0 Å². The number of ether oxygens (including phenoxy) is 3. The molecule has 0 aliphatic carbocycles. The summed E-state index contributed by atoms with van der Waals surface area (Å²) in [6, 6.07) is 0.639. The summed E-state index contributed by atoms with van der Waals surface area (Å²) in [5.74, 6) is 0. The van der Waals surface area contributed by atoms with Gasteiger partial charge in [0.05, 0.1) is 26.4 Å². The normalized spacial score (nSPS) is 12.8. The molecule has 0 bridgehead atoms. The summed E-state index contributed by atoms with van der Waals surface area (Å²) in [6.45, 7) is 8.79. The summed E-state index contributed by atoms with van der Waals surface area (Å²) in [5, 5.41) is 3.35. The molecule has 0 aromatic heterocycles. The second-order valence-electron chi connectivity index (χ2n) is 5.11. The van der Waals surface area contributed by atoms with Gasteiger partial charge in [-0.3, -0.25) is 0 Å². The summed E-state index contributed by atoms with van der Waals surface area (Å²) in [5.41, 5.74) is 0. The highest BCUT2D eigenvalue weighted by atomic mass is 16.5. The maximum absolute atomic E-state index is 5.56. The fraction of sp³-hybridized carbons (Fsp3) is 1.00. The summed E-state index contributed by atoms with van der Waals surface area (Å²) >= 11 is 0. The van der Waals surface area contributed by atoms with Crippen molar-refractivity contribution in [3.05, 3.63) is 0 Å². The van der Waals surface area contributed by atoms with E-state index >= 15 is 0 Å². The minimum atomic E-state index is 0.639. The number of rotatable bonds is 16. The predicted molar refractivity (Wildman–Crippen MR) is 84.4 cm³/mol. The molecule has 0 aliphatic heterocycles. The van der Waals surface area contributed by atoms with Gasteiger partial charge < -0.3 is 19.5 Å². The molecule has 0 spiro atoms. The lowest BCUT2D eigenvalue weighted by Crippen LogP contribution is -2.25. The Morgan fingerprint density at radius 2 is 1.25 bits per heavy atom. The van der Waals surface area contributed by atoms with Gasteiger partial charge in [-0.15, -0.1) is 0 Å². The highest BCUT2D eigenvalue weighted by Crippen LogP contribution is 2.04. The van der Waals surface area contributed by atoms with Crippen molar-refractivity contribution in [3.8, 4) is 0 Å². The lowest BCUT2D eigenvalue weighted by Gasteiger charge is -2.14. The maximum Gasteiger partial charge on any atom is 0.0701 e. The highest BCUT2D eigenvalue weighted by Gasteiger charge is 2.03. The summed E-state index contributed by atoms with van der Waals surface area (Å²) in [7, 11) is 2.04. The van der Waals surface area contributed by atoms with Gasteiger partial charge in [0.1, 0.15) is 0 Å². The van der Waals surface area contributed by atoms with Crippen molar-refractivity contribution in [1.29, 1.82) is 0 Å². The molecule has 20 heavy (non-hydrogen) atoms. The molecule has 0 aromatic carbocycles. The van der Waals surface area contributed by atoms with Crippen LogP contribution in [-0.4, -0.2) is 52.7 Å². The van der Waals surface area contributed by atoms with E-state index in [9.17, 15) is 0 Å². The molecule has 1 atom stereocenters. The van der Waals surface area contributed by atoms with Gasteiger partial charge in [-0.05, 0) is 32.7 Å². The Balaban J connectivity index is 3.09. The molecule has 0 saturated heterocycles. The third-order valence-corrected chi connectivity index (χ3v) is 3.27. The molecule has 4 heteroatoms. The molecular formula is C16H35NO3. The summed E-state index contributed by atoms with van der Waals surface area (Å²) in [6.07, 6.45) is 7.11. The van der Waals surface area contributed by atoms with Crippen LogP contribution in [0.5, 0.6) is 0 Å². The van der Waals surface area contributed by atoms with Crippen molar-refractivity contribution in [1.82, 2.24) is 5.32 Å². The fourth-order valence-electron chi connectivity index (χ4n) is 2.00. The molecule has 0 fully saturated rings. The molecule has 0 rings (SSSR count). The van der Waals surface area contributed by atoms with Gasteiger partial charge in [-0.1, -0.05) is 26.7 Å². The van der Waals surface area contributed by atoms with Gasteiger partial charge in [-0.25, -0.2) is 0 Å². The quantitative estimate of drug-likeness (QED) is 0.443. The number of unbranched alkanes of at least 4 members (excludes halogenated alkanes) is 1. The smallest absolute Gasteiger partial charge is 0.0701 e. The van der Waals surface area contributed by atoms with Crippen molar-refractivity contribution in [3.63, 3.8) is 0 Å². The Kier molecular flexibility index (Phi) is 16.8. The van der Waals surface area contributed by atoms with Crippen LogP contribution in [0.25, 0.3) is 0 Å². The number of hydrogen-bond donors (Lipinski definition) is 1. The lowest BCUT2D eigenvalue weighted by molar-refractivity contribution is 0.0132. The van der Waals surface area contributed by atoms with Crippen molar-refractivity contribution in [2.45, 2.75) is 58.4 Å². The third-order valence-electron chi connectivity index (χ3n) is 3.27. The van der Waals surface area contributed by atoms with Crippen LogP contribution in [0.4, 0.5) is 0 Å². The predicted octanol–water partition coefficient (Wildman–Crippen LogP) is 3.00. The summed E-state index contributed by atoms with van der Waals surface area (Å²) < 4.78 is 16.4. The van der Waals surface area contributed by atoms with Gasteiger partial charge in [0.25, 0.3) is 0 Å². The van der Waals surface area contributed by atoms with Gasteiger partial charge in [0, 0.05) is 19.3 Å². The van der Waals surface area contributed by atoms with Crippen molar-refractivity contribution >= 4 is 0 Å². The number of nitrogens with one attached hydrogen (secondary N) is 1. The van der Waals surface area contributed by atoms with Crippen molar-refractivity contribution < 1.29 is 14.2 Å². The van der Waals surface area contributed by atoms with E-state index in [0.29, 0.717) is 32.5 Å². The average molecular weight is 289 g/mol. The number of hydrogen-bond acceptors (Lipinski definition) is 4. The van der Waals surface area contributed by atoms with Crippen LogP contribution in [0.15, 0.2) is 0 Å². The molecule has 4 nitrogen and oxygen atoms in total. The van der Waals surface area contributed by atoms with Gasteiger partial charge in [0.2, 0.25) is 0 Å². The largest absolute Gasteiger partial charge is 0.379 e. The Morgan fingerprint density at radius 3 is 1.75 bits per heavy atom. The lowest BCUT2D eigenvalue weighted by atomic mass is 10.1. The van der Waals surface area contributed by atoms with Crippen LogP contribution < -0.4 is 5.32 Å². The molecule has 0 heterocycles. The minimum absolute atomic E-state index is 0.639. The first-order chi connectivity index (χ1) is 9.85. The van der Waals surface area contributed by atoms with Gasteiger partial charge in [0.15, 0.2) is 0 Å². The van der Waals surface area contributed by atoms with E-state index in [1.165, 1.54) is 25.7 Å². The van der Waals surface area contributed by atoms with E-state index in [2.05, 4.69) is 19.2 Å². The second-order valence-corrected chi connectivity index (χ2v) is 5.11. The Hall–Kier alpha value is -0.160. The SMILES string of the molecule is CCCCOCCOCCOCCCC(CCC)NC. The standard InChI is InChI=1S/C16H35NO3/c1-4-6-10-18-12-14-20-15-13-19-11-7-9-16(17-3)8-5-2/h16-17H,4-15H2,1-3H3. The monoisotopic (exact) mass is 289 g/mol. The van der Waals surface area contributed by atoms with Crippen molar-refractivity contribution in [2.24, 2.45) is 0 Å². The zero-order chi connectivity index (χ0) is 14.9. The van der Waals surface area contributed by atoms with E-state index in [1.54, 1.807) is 0 Å². The topological polar surface area (TPSA) is 39.7 Å². The van der Waals surface area contributed by atoms with E-state index < -0.39 is 0 Å². The van der Waals surface area contributed by atoms with E-state index in [-0.39, 0.29) is 0 Å². The first-order valence-electron chi connectivity index (χ1n) is 8.25. The molecule has 1 N–H and O–H groups in total. The van der Waals surface area contributed by atoms with Crippen molar-refractivity contribution in [2.75, 3.05) is 46.7 Å². The van der Waals surface area contributed by atoms with Crippen LogP contribution in [0, 0.1) is 0 Å². The zero-order valence-electron chi connectivity index (χ0n) is 13.8. The molecule has 0 saturated carbocycles. The minimum Gasteiger partial charge on any atom is -0.379 e. The summed E-state index contributed by atoms with van der Waals surface area (Å²) in [4.78, 5) is 0. The molecule has 122 valence electrons. The van der Waals surface area contributed by atoms with E-state index in [1.807, 2.05) is 7.05 Å². The molecule has 0 aromatic rings. The first-order valence-corrected chi connectivity index (χ1v) is 8.25. The fourth-order valence-corrected chi connectivity index (χ4v) is 2.00. The van der Waals surface area contributed by atoms with E-state index in [4.69, 9.17) is 14.2 Å². The molecule has 0 aliphatic rings. The zero-order valence-corrected chi connectivity index (χ0v) is 13.8. The van der Waals surface area contributed by atoms with E-state index in [0.717, 1.165) is 26.1 Å². The van der Waals surface area contributed by atoms with Gasteiger partial charge in [-0.2, -0.15) is 0 Å². The molecular weight excluding hydrogens is 254 g/mol. The maximum atomic E-state index is 5.56. The third kappa shape index (κ3) is 14.3. The molecule has 0 radical (unpaired) electrons. The Morgan fingerprint density at radius 1 is 0.700 bits per heavy atom. The van der Waals surface area contributed by atoms with Crippen LogP contribution in [0.2, 0.25) is 0 Å². The molecule has 1 unspecified atom stereocenters. The Labute approximate surface area is 125 Å². The van der Waals surface area contributed by atoms with Crippen LogP contribution in [0.3, 0.4) is 0 Å².